The highest BCUT2D eigenvalue weighted by Gasteiger charge is 2.22. The minimum Gasteiger partial charge on any atom is -0.350 e. The molecule has 0 unspecified atom stereocenters. The second-order valence-electron chi connectivity index (χ2n) is 7.79. The van der Waals surface area contributed by atoms with E-state index < -0.39 is 0 Å². The molecule has 2 N–H and O–H groups in total. The van der Waals surface area contributed by atoms with Gasteiger partial charge in [0.15, 0.2) is 5.11 Å². The van der Waals surface area contributed by atoms with Crippen molar-refractivity contribution >= 4 is 28.9 Å². The molecule has 0 atom stereocenters. The Morgan fingerprint density at radius 3 is 2.32 bits per heavy atom. The average Bonchev–Trinajstić information content (AvgIpc) is 2.49. The smallest absolute Gasteiger partial charge is 0.234 e. The Balaban J connectivity index is 1.80. The largest absolute Gasteiger partial charge is 0.350 e. The van der Waals surface area contributed by atoms with Gasteiger partial charge < -0.3 is 15.5 Å². The molecule has 2 rings (SSSR count). The van der Waals surface area contributed by atoms with Crippen molar-refractivity contribution in [2.24, 2.45) is 0 Å². The van der Waals surface area contributed by atoms with E-state index in [1.165, 1.54) is 11.1 Å². The van der Waals surface area contributed by atoms with Crippen LogP contribution in [0.25, 0.3) is 0 Å². The molecule has 1 saturated heterocycles. The predicted octanol–water partition coefficient (Wildman–Crippen LogP) is 2.53. The first-order chi connectivity index (χ1) is 11.6. The maximum atomic E-state index is 12.0. The third-order valence-electron chi connectivity index (χ3n) is 4.30. The van der Waals surface area contributed by atoms with Gasteiger partial charge in [-0.15, -0.1) is 0 Å². The molecule has 1 aliphatic rings. The highest BCUT2D eigenvalue weighted by atomic mass is 32.1. The molecule has 1 heterocycles. The summed E-state index contributed by atoms with van der Waals surface area (Å²) in [6.45, 7) is 14.0. The summed E-state index contributed by atoms with van der Waals surface area (Å²) >= 11 is 5.55. The van der Waals surface area contributed by atoms with Gasteiger partial charge in [-0.2, -0.15) is 0 Å². The fourth-order valence-corrected chi connectivity index (χ4v) is 3.09. The van der Waals surface area contributed by atoms with E-state index in [-0.39, 0.29) is 11.4 Å². The minimum absolute atomic E-state index is 0.0804. The van der Waals surface area contributed by atoms with Gasteiger partial charge in [-0.3, -0.25) is 9.69 Å². The summed E-state index contributed by atoms with van der Waals surface area (Å²) in [5.41, 5.74) is 3.37. The van der Waals surface area contributed by atoms with Crippen LogP contribution in [0.5, 0.6) is 0 Å². The molecule has 0 spiro atoms. The number of amides is 1. The van der Waals surface area contributed by atoms with Gasteiger partial charge in [0, 0.05) is 37.4 Å². The zero-order chi connectivity index (χ0) is 18.6. The number of rotatable bonds is 3. The maximum absolute atomic E-state index is 12.0. The van der Waals surface area contributed by atoms with Crippen molar-refractivity contribution in [3.8, 4) is 0 Å². The lowest BCUT2D eigenvalue weighted by Crippen LogP contribution is -2.53. The monoisotopic (exact) mass is 362 g/mol. The third kappa shape index (κ3) is 6.29. The molecule has 5 nitrogen and oxygen atoms in total. The SMILES string of the molecule is Cc1ccc(NC(=S)N2CCN(CC(=O)NC(C)(C)C)CC2)cc1C. The van der Waals surface area contributed by atoms with Crippen LogP contribution in [-0.4, -0.2) is 59.1 Å². The van der Waals surface area contributed by atoms with Crippen molar-refractivity contribution in [3.05, 3.63) is 29.3 Å². The standard InChI is InChI=1S/C19H30N4OS/c1-14-6-7-16(12-15(14)2)20-18(25)23-10-8-22(9-11-23)13-17(24)21-19(3,4)5/h6-7,12H,8-11,13H2,1-5H3,(H,20,25)(H,21,24). The summed E-state index contributed by atoms with van der Waals surface area (Å²) in [4.78, 5) is 16.4. The van der Waals surface area contributed by atoms with Crippen LogP contribution in [0, 0.1) is 13.8 Å². The summed E-state index contributed by atoms with van der Waals surface area (Å²) in [7, 11) is 0. The topological polar surface area (TPSA) is 47.6 Å². The van der Waals surface area contributed by atoms with Crippen molar-refractivity contribution in [2.45, 2.75) is 40.2 Å². The fraction of sp³-hybridized carbons (Fsp3) is 0.579. The first-order valence-electron chi connectivity index (χ1n) is 8.80. The Morgan fingerprint density at radius 2 is 1.76 bits per heavy atom. The molecule has 0 aromatic heterocycles. The van der Waals surface area contributed by atoms with E-state index in [9.17, 15) is 4.79 Å². The van der Waals surface area contributed by atoms with Crippen molar-refractivity contribution < 1.29 is 4.79 Å². The van der Waals surface area contributed by atoms with E-state index in [1.807, 2.05) is 20.8 Å². The van der Waals surface area contributed by atoms with Gasteiger partial charge in [0.05, 0.1) is 6.54 Å². The minimum atomic E-state index is -0.184. The lowest BCUT2D eigenvalue weighted by atomic mass is 10.1. The second kappa shape index (κ2) is 8.15. The van der Waals surface area contributed by atoms with E-state index in [4.69, 9.17) is 12.2 Å². The summed E-state index contributed by atoms with van der Waals surface area (Å²) in [6.07, 6.45) is 0. The first-order valence-corrected chi connectivity index (χ1v) is 9.21. The first kappa shape index (κ1) is 19.7. The van der Waals surface area contributed by atoms with Crippen molar-refractivity contribution in [3.63, 3.8) is 0 Å². The van der Waals surface area contributed by atoms with Gasteiger partial charge in [-0.1, -0.05) is 6.07 Å². The number of nitrogens with one attached hydrogen (secondary N) is 2. The molecule has 0 bridgehead atoms. The third-order valence-corrected chi connectivity index (χ3v) is 4.66. The predicted molar refractivity (Wildman–Crippen MR) is 108 cm³/mol. The van der Waals surface area contributed by atoms with Crippen LogP contribution in [0.1, 0.15) is 31.9 Å². The summed E-state index contributed by atoms with van der Waals surface area (Å²) in [6, 6.07) is 6.28. The van der Waals surface area contributed by atoms with Crippen molar-refractivity contribution in [1.82, 2.24) is 15.1 Å². The Kier molecular flexibility index (Phi) is 6.41. The number of hydrogen-bond acceptors (Lipinski definition) is 3. The van der Waals surface area contributed by atoms with E-state index in [2.05, 4.69) is 52.5 Å². The number of hydrogen-bond donors (Lipinski definition) is 2. The van der Waals surface area contributed by atoms with Crippen LogP contribution in [0.2, 0.25) is 0 Å². The highest BCUT2D eigenvalue weighted by molar-refractivity contribution is 7.80. The molecule has 1 aromatic rings. The number of carbonyl (C=O) groups excluding carboxylic acids is 1. The normalized spacial score (nSPS) is 15.8. The molecule has 1 amide bonds. The Labute approximate surface area is 156 Å². The summed E-state index contributed by atoms with van der Waals surface area (Å²) in [5.74, 6) is 0.0804. The zero-order valence-electron chi connectivity index (χ0n) is 16.0. The molecule has 0 radical (unpaired) electrons. The van der Waals surface area contributed by atoms with Crippen LogP contribution in [0.3, 0.4) is 0 Å². The lowest BCUT2D eigenvalue weighted by molar-refractivity contribution is -0.123. The molecule has 1 fully saturated rings. The highest BCUT2D eigenvalue weighted by Crippen LogP contribution is 2.15. The maximum Gasteiger partial charge on any atom is 0.234 e. The zero-order valence-corrected chi connectivity index (χ0v) is 16.8. The van der Waals surface area contributed by atoms with E-state index >= 15 is 0 Å². The van der Waals surface area contributed by atoms with Crippen LogP contribution in [0.15, 0.2) is 18.2 Å². The number of piperazine rings is 1. The number of benzene rings is 1. The molecule has 1 aromatic carbocycles. The second-order valence-corrected chi connectivity index (χ2v) is 8.18. The molecule has 1 aliphatic heterocycles. The Morgan fingerprint density at radius 1 is 1.12 bits per heavy atom. The van der Waals surface area contributed by atoms with E-state index in [1.54, 1.807) is 0 Å². The number of thiocarbonyl (C=S) groups is 1. The molecule has 138 valence electrons. The van der Waals surface area contributed by atoms with Crippen molar-refractivity contribution in [1.29, 1.82) is 0 Å². The van der Waals surface area contributed by atoms with Gasteiger partial charge in [0.25, 0.3) is 0 Å². The lowest BCUT2D eigenvalue weighted by Gasteiger charge is -2.36. The average molecular weight is 363 g/mol. The summed E-state index contributed by atoms with van der Waals surface area (Å²) in [5, 5.41) is 7.09. The van der Waals surface area contributed by atoms with Gasteiger partial charge in [0.1, 0.15) is 0 Å². The molecular formula is C19H30N4OS. The Hall–Kier alpha value is -1.66. The van der Waals surface area contributed by atoms with Crippen molar-refractivity contribution in [2.75, 3.05) is 38.0 Å². The van der Waals surface area contributed by atoms with Gasteiger partial charge in [-0.25, -0.2) is 0 Å². The number of nitrogens with zero attached hydrogens (tertiary/aromatic N) is 2. The molecule has 25 heavy (non-hydrogen) atoms. The van der Waals surface area contributed by atoms with Gasteiger partial charge >= 0.3 is 0 Å². The Bertz CT molecular complexity index is 631. The summed E-state index contributed by atoms with van der Waals surface area (Å²) < 4.78 is 0. The van der Waals surface area contributed by atoms with Crippen LogP contribution >= 0.6 is 12.2 Å². The number of aryl methyl sites for hydroxylation is 2. The van der Waals surface area contributed by atoms with Gasteiger partial charge in [-0.05, 0) is 70.1 Å². The van der Waals surface area contributed by atoms with Crippen LogP contribution in [-0.2, 0) is 4.79 Å². The van der Waals surface area contributed by atoms with Gasteiger partial charge in [0.2, 0.25) is 5.91 Å². The molecular weight excluding hydrogens is 332 g/mol. The van der Waals surface area contributed by atoms with E-state index in [0.717, 1.165) is 37.0 Å². The number of carbonyl (C=O) groups is 1. The molecule has 0 saturated carbocycles. The van der Waals surface area contributed by atoms with Crippen LogP contribution < -0.4 is 10.6 Å². The molecule has 0 aliphatic carbocycles. The number of anilines is 1. The fourth-order valence-electron chi connectivity index (χ4n) is 2.79. The quantitative estimate of drug-likeness (QED) is 0.809. The molecule has 6 heteroatoms. The van der Waals surface area contributed by atoms with E-state index in [0.29, 0.717) is 6.54 Å². The van der Waals surface area contributed by atoms with Crippen LogP contribution in [0.4, 0.5) is 5.69 Å².